The lowest BCUT2D eigenvalue weighted by Gasteiger charge is -2.06. The maximum absolute atomic E-state index is 12.0. The fraction of sp³-hybridized carbons (Fsp3) is 0.0476. The lowest BCUT2D eigenvalue weighted by atomic mass is 10.2. The maximum atomic E-state index is 12.0. The van der Waals surface area contributed by atoms with Gasteiger partial charge in [0.2, 0.25) is 0 Å². The minimum atomic E-state index is -0.239. The smallest absolute Gasteiger partial charge is 0.271 e. The first kappa shape index (κ1) is 19.6. The van der Waals surface area contributed by atoms with Crippen LogP contribution < -0.4 is 10.2 Å². The van der Waals surface area contributed by atoms with E-state index in [2.05, 4.69) is 49.0 Å². The second-order valence-electron chi connectivity index (χ2n) is 5.69. The molecule has 136 valence electrons. The van der Waals surface area contributed by atoms with Gasteiger partial charge in [-0.2, -0.15) is 5.10 Å². The van der Waals surface area contributed by atoms with Crippen molar-refractivity contribution >= 4 is 50.6 Å². The van der Waals surface area contributed by atoms with Crippen LogP contribution in [0, 0.1) is 3.57 Å². The predicted molar refractivity (Wildman–Crippen MR) is 119 cm³/mol. The fourth-order valence-corrected chi connectivity index (χ4v) is 2.85. The van der Waals surface area contributed by atoms with Gasteiger partial charge >= 0.3 is 0 Å². The van der Waals surface area contributed by atoms with Crippen LogP contribution in [0.4, 0.5) is 0 Å². The first-order chi connectivity index (χ1) is 13.1. The number of halogens is 2. The van der Waals surface area contributed by atoms with Gasteiger partial charge in [-0.25, -0.2) is 5.43 Å². The second kappa shape index (κ2) is 9.66. The van der Waals surface area contributed by atoms with E-state index in [9.17, 15) is 4.79 Å². The summed E-state index contributed by atoms with van der Waals surface area (Å²) in [5, 5.41) is 4.00. The SMILES string of the molecule is O=C(N/N=C\c1ccc(OCc2ccc(Br)cc2)cc1)c1ccc(I)cc1. The molecule has 6 heteroatoms. The van der Waals surface area contributed by atoms with Crippen LogP contribution in [-0.2, 0) is 6.61 Å². The molecule has 0 aliphatic rings. The third kappa shape index (κ3) is 6.18. The molecule has 3 rings (SSSR count). The Hall–Kier alpha value is -2.19. The number of rotatable bonds is 6. The molecule has 1 amide bonds. The molecule has 3 aromatic carbocycles. The number of hydrogen-bond acceptors (Lipinski definition) is 3. The number of nitrogens with zero attached hydrogens (tertiary/aromatic N) is 1. The van der Waals surface area contributed by atoms with E-state index in [1.807, 2.05) is 60.7 Å². The highest BCUT2D eigenvalue weighted by Crippen LogP contribution is 2.15. The zero-order chi connectivity index (χ0) is 19.1. The summed E-state index contributed by atoms with van der Waals surface area (Å²) in [7, 11) is 0. The molecule has 0 aliphatic heterocycles. The highest BCUT2D eigenvalue weighted by Gasteiger charge is 2.03. The minimum absolute atomic E-state index is 0.239. The molecule has 0 heterocycles. The van der Waals surface area contributed by atoms with E-state index >= 15 is 0 Å². The molecule has 0 unspecified atom stereocenters. The van der Waals surface area contributed by atoms with Crippen molar-refractivity contribution in [1.82, 2.24) is 5.43 Å². The molecule has 0 saturated carbocycles. The molecule has 0 radical (unpaired) electrons. The van der Waals surface area contributed by atoms with Gasteiger partial charge in [-0.3, -0.25) is 4.79 Å². The van der Waals surface area contributed by atoms with Gasteiger partial charge in [0.15, 0.2) is 0 Å². The van der Waals surface area contributed by atoms with Crippen molar-refractivity contribution < 1.29 is 9.53 Å². The van der Waals surface area contributed by atoms with Gasteiger partial charge in [-0.15, -0.1) is 0 Å². The highest BCUT2D eigenvalue weighted by molar-refractivity contribution is 14.1. The molecule has 1 N–H and O–H groups in total. The average Bonchev–Trinajstić information content (AvgIpc) is 2.69. The van der Waals surface area contributed by atoms with Crippen molar-refractivity contribution in [3.63, 3.8) is 0 Å². The summed E-state index contributed by atoms with van der Waals surface area (Å²) in [5.41, 5.74) is 5.07. The zero-order valence-corrected chi connectivity index (χ0v) is 18.0. The normalized spacial score (nSPS) is 10.7. The average molecular weight is 535 g/mol. The molecule has 0 saturated heterocycles. The molecular formula is C21H16BrIN2O2. The van der Waals surface area contributed by atoms with Crippen LogP contribution in [0.2, 0.25) is 0 Å². The third-order valence-electron chi connectivity index (χ3n) is 3.68. The van der Waals surface area contributed by atoms with Gasteiger partial charge in [-0.05, 0) is 94.4 Å². The van der Waals surface area contributed by atoms with Crippen molar-refractivity contribution in [2.24, 2.45) is 5.10 Å². The monoisotopic (exact) mass is 534 g/mol. The number of benzene rings is 3. The van der Waals surface area contributed by atoms with E-state index in [0.717, 1.165) is 24.9 Å². The van der Waals surface area contributed by atoms with Crippen LogP contribution in [0.1, 0.15) is 21.5 Å². The van der Waals surface area contributed by atoms with E-state index in [1.165, 1.54) is 0 Å². The van der Waals surface area contributed by atoms with Crippen LogP contribution >= 0.6 is 38.5 Å². The van der Waals surface area contributed by atoms with Crippen molar-refractivity contribution in [2.45, 2.75) is 6.61 Å². The van der Waals surface area contributed by atoms with Crippen LogP contribution in [-0.4, -0.2) is 12.1 Å². The Morgan fingerprint density at radius 1 is 1.00 bits per heavy atom. The molecule has 0 aliphatic carbocycles. The van der Waals surface area contributed by atoms with E-state index in [-0.39, 0.29) is 5.91 Å². The van der Waals surface area contributed by atoms with Crippen LogP contribution in [0.25, 0.3) is 0 Å². The number of hydrogen-bond donors (Lipinski definition) is 1. The lowest BCUT2D eigenvalue weighted by molar-refractivity contribution is 0.0955. The van der Waals surface area contributed by atoms with E-state index in [1.54, 1.807) is 18.3 Å². The van der Waals surface area contributed by atoms with Gasteiger partial charge in [0.05, 0.1) is 6.21 Å². The Kier molecular flexibility index (Phi) is 7.00. The fourth-order valence-electron chi connectivity index (χ4n) is 2.23. The van der Waals surface area contributed by atoms with Crippen LogP contribution in [0.15, 0.2) is 82.4 Å². The van der Waals surface area contributed by atoms with Crippen molar-refractivity contribution in [3.8, 4) is 5.75 Å². The Bertz CT molecular complexity index is 924. The van der Waals surface area contributed by atoms with Gasteiger partial charge in [-0.1, -0.05) is 28.1 Å². The predicted octanol–water partition coefficient (Wildman–Crippen LogP) is 5.40. The topological polar surface area (TPSA) is 50.7 Å². The van der Waals surface area contributed by atoms with Gasteiger partial charge < -0.3 is 4.74 Å². The number of nitrogens with one attached hydrogen (secondary N) is 1. The van der Waals surface area contributed by atoms with Crippen molar-refractivity contribution in [2.75, 3.05) is 0 Å². The first-order valence-electron chi connectivity index (χ1n) is 8.16. The summed E-state index contributed by atoms with van der Waals surface area (Å²) in [6, 6.07) is 22.8. The molecule has 4 nitrogen and oxygen atoms in total. The maximum Gasteiger partial charge on any atom is 0.271 e. The lowest BCUT2D eigenvalue weighted by Crippen LogP contribution is -2.17. The Balaban J connectivity index is 1.50. The first-order valence-corrected chi connectivity index (χ1v) is 10.0. The second-order valence-corrected chi connectivity index (χ2v) is 7.85. The molecule has 0 atom stereocenters. The molecule has 3 aromatic rings. The van der Waals surface area contributed by atoms with Crippen LogP contribution in [0.5, 0.6) is 5.75 Å². The Morgan fingerprint density at radius 3 is 2.33 bits per heavy atom. The summed E-state index contributed by atoms with van der Waals surface area (Å²) in [4.78, 5) is 12.0. The number of ether oxygens (including phenoxy) is 1. The molecular weight excluding hydrogens is 519 g/mol. The van der Waals surface area contributed by atoms with Crippen molar-refractivity contribution in [1.29, 1.82) is 0 Å². The number of carbonyl (C=O) groups excluding carboxylic acids is 1. The quantitative estimate of drug-likeness (QED) is 0.261. The number of hydrazone groups is 1. The molecule has 0 bridgehead atoms. The summed E-state index contributed by atoms with van der Waals surface area (Å²) in [5.74, 6) is 0.537. The van der Waals surface area contributed by atoms with Gasteiger partial charge in [0.1, 0.15) is 12.4 Å². The largest absolute Gasteiger partial charge is 0.489 e. The van der Waals surface area contributed by atoms with Gasteiger partial charge in [0.25, 0.3) is 5.91 Å². The Labute approximate surface area is 179 Å². The number of amides is 1. The van der Waals surface area contributed by atoms with E-state index in [4.69, 9.17) is 4.74 Å². The van der Waals surface area contributed by atoms with E-state index in [0.29, 0.717) is 12.2 Å². The zero-order valence-electron chi connectivity index (χ0n) is 14.2. The van der Waals surface area contributed by atoms with Crippen molar-refractivity contribution in [3.05, 3.63) is 97.5 Å². The van der Waals surface area contributed by atoms with Gasteiger partial charge in [0, 0.05) is 13.6 Å². The Morgan fingerprint density at radius 2 is 1.67 bits per heavy atom. The minimum Gasteiger partial charge on any atom is -0.489 e. The van der Waals surface area contributed by atoms with Crippen LogP contribution in [0.3, 0.4) is 0 Å². The standard InChI is InChI=1S/C21H16BrIN2O2/c22-18-7-1-16(2-8-18)14-27-20-11-3-15(4-12-20)13-24-25-21(26)17-5-9-19(23)10-6-17/h1-13H,14H2,(H,25,26)/b24-13-. The third-order valence-corrected chi connectivity index (χ3v) is 4.93. The summed E-state index contributed by atoms with van der Waals surface area (Å²) < 4.78 is 7.89. The summed E-state index contributed by atoms with van der Waals surface area (Å²) in [6.45, 7) is 0.507. The summed E-state index contributed by atoms with van der Waals surface area (Å²) >= 11 is 5.61. The number of carbonyl (C=O) groups is 1. The van der Waals surface area contributed by atoms with E-state index < -0.39 is 0 Å². The summed E-state index contributed by atoms with van der Waals surface area (Å²) in [6.07, 6.45) is 1.60. The molecule has 0 aromatic heterocycles. The molecule has 27 heavy (non-hydrogen) atoms. The molecule has 0 spiro atoms. The highest BCUT2D eigenvalue weighted by atomic mass is 127. The molecule has 0 fully saturated rings.